The number of aliphatic imine (C=N–C) groups is 1. The zero-order valence-corrected chi connectivity index (χ0v) is 34.9. The molecule has 0 radical (unpaired) electrons. The average Bonchev–Trinajstić information content (AvgIpc) is 3.67. The summed E-state index contributed by atoms with van der Waals surface area (Å²) in [6, 6.07) is 12.4. The number of allylic oxidation sites excluding steroid dienone is 4. The van der Waals surface area contributed by atoms with E-state index >= 15 is 0 Å². The molecule has 3 aromatic carbocycles. The Labute approximate surface area is 353 Å². The van der Waals surface area contributed by atoms with E-state index in [4.69, 9.17) is 23.7 Å². The molecular weight excluding hydrogens is 791 g/mol. The fourth-order valence-electron chi connectivity index (χ4n) is 6.38. The minimum absolute atomic E-state index is 0.144. The van der Waals surface area contributed by atoms with Gasteiger partial charge in [-0.3, -0.25) is 19.4 Å². The molecule has 0 saturated carbocycles. The van der Waals surface area contributed by atoms with E-state index in [1.54, 1.807) is 74.1 Å². The van der Waals surface area contributed by atoms with Crippen molar-refractivity contribution in [2.24, 2.45) is 4.99 Å². The van der Waals surface area contributed by atoms with Crippen molar-refractivity contribution in [2.75, 3.05) is 43.4 Å². The highest BCUT2D eigenvalue weighted by molar-refractivity contribution is 8.03. The Morgan fingerprint density at radius 2 is 1.72 bits per heavy atom. The van der Waals surface area contributed by atoms with Crippen molar-refractivity contribution in [1.82, 2.24) is 10.2 Å². The van der Waals surface area contributed by atoms with Gasteiger partial charge in [-0.25, -0.2) is 9.69 Å². The van der Waals surface area contributed by atoms with E-state index in [1.807, 2.05) is 38.2 Å². The third-order valence-electron chi connectivity index (χ3n) is 9.30. The number of fused-ring (bicyclic) bond motifs is 1. The topological polar surface area (TPSA) is 178 Å². The molecule has 0 aliphatic carbocycles. The molecule has 3 N–H and O–H groups in total. The van der Waals surface area contributed by atoms with Crippen LogP contribution in [0.25, 0.3) is 0 Å². The first-order valence-corrected chi connectivity index (χ1v) is 20.1. The van der Waals surface area contributed by atoms with Crippen LogP contribution in [0.3, 0.4) is 0 Å². The molecule has 5 rings (SSSR count). The monoisotopic (exact) mass is 839 g/mol. The molecule has 0 bridgehead atoms. The third kappa shape index (κ3) is 11.4. The summed E-state index contributed by atoms with van der Waals surface area (Å²) in [4.78, 5) is 58.0. The number of aliphatic hydroxyl groups excluding tert-OH is 1. The summed E-state index contributed by atoms with van der Waals surface area (Å²) in [5.74, 6) is 1.67. The molecule has 0 spiro atoms. The number of carbonyl (C=O) groups is 4. The lowest BCUT2D eigenvalue weighted by molar-refractivity contribution is -0.118. The maximum absolute atomic E-state index is 14.0. The number of hydrogen-bond acceptors (Lipinski definition) is 12. The number of hydrogen-bond donors (Lipinski definition) is 3. The van der Waals surface area contributed by atoms with Gasteiger partial charge in [0.1, 0.15) is 6.61 Å². The SMILES string of the molecule is C/C=C/C1=CN(C=O)C(C(O)N(C(=O)OCc2ccc(NC=O)cc2)c2cc(OCCCOc3cc4c(cc3OC)C(=O)N/C=C(/C=C/C)SCC=N4)c(OC)cc2C)C1. The molecule has 0 aromatic heterocycles. The summed E-state index contributed by atoms with van der Waals surface area (Å²) >= 11 is 1.53. The number of benzene rings is 3. The first kappa shape index (κ1) is 44.6. The lowest BCUT2D eigenvalue weighted by atomic mass is 10.1. The normalized spacial score (nSPS) is 16.5. The van der Waals surface area contributed by atoms with Gasteiger partial charge in [0, 0.05) is 53.5 Å². The number of nitrogens with one attached hydrogen (secondary N) is 2. The summed E-state index contributed by atoms with van der Waals surface area (Å²) in [5.41, 5.74) is 3.58. The molecule has 316 valence electrons. The summed E-state index contributed by atoms with van der Waals surface area (Å²) in [7, 11) is 2.98. The average molecular weight is 840 g/mol. The molecule has 2 aliphatic rings. The number of anilines is 2. The lowest BCUT2D eigenvalue weighted by Crippen LogP contribution is -2.51. The van der Waals surface area contributed by atoms with Gasteiger partial charge in [-0.2, -0.15) is 0 Å². The molecular formula is C44H49N5O10S. The third-order valence-corrected chi connectivity index (χ3v) is 10.2. The minimum atomic E-state index is -1.54. The van der Waals surface area contributed by atoms with E-state index in [0.29, 0.717) is 70.3 Å². The molecule has 4 amide bonds. The summed E-state index contributed by atoms with van der Waals surface area (Å²) in [5, 5.41) is 17.3. The van der Waals surface area contributed by atoms with Gasteiger partial charge in [-0.15, -0.1) is 11.8 Å². The van der Waals surface area contributed by atoms with Crippen molar-refractivity contribution < 1.29 is 48.0 Å². The number of amides is 4. The van der Waals surface area contributed by atoms with Crippen molar-refractivity contribution in [3.8, 4) is 23.0 Å². The molecule has 0 saturated heterocycles. The quantitative estimate of drug-likeness (QED) is 0.0672. The maximum atomic E-state index is 14.0. The highest BCUT2D eigenvalue weighted by atomic mass is 32.2. The van der Waals surface area contributed by atoms with E-state index < -0.39 is 18.4 Å². The number of methoxy groups -OCH3 is 2. The van der Waals surface area contributed by atoms with E-state index in [9.17, 15) is 24.3 Å². The van der Waals surface area contributed by atoms with Crippen LogP contribution in [0, 0.1) is 6.92 Å². The largest absolute Gasteiger partial charge is 0.493 e. The molecule has 2 aliphatic heterocycles. The van der Waals surface area contributed by atoms with Gasteiger partial charge in [0.15, 0.2) is 29.2 Å². The Balaban J connectivity index is 1.33. The molecule has 0 fully saturated rings. The van der Waals surface area contributed by atoms with Crippen molar-refractivity contribution in [3.05, 3.63) is 112 Å². The number of carbonyl (C=O) groups excluding carboxylic acids is 4. The van der Waals surface area contributed by atoms with Gasteiger partial charge in [0.05, 0.1) is 50.4 Å². The standard InChI is InChI=1S/C44H49N5O10S/c1-6-9-31-20-37(48(25-31)28-51)43(53)49(44(54)59-26-30-11-13-32(14-12-30)47-27-50)36-23-41(38(55-4)19-29(36)3)58-17-8-16-57-40-22-35-34(21-39(40)56-5)42(52)46-24-33(10-7-2)60-18-15-45-35/h6-7,9-15,19,21-25,27-28,37,43,53H,8,16-18,20,26H2,1-5H3,(H,46,52)(H,47,50)/b9-6+,10-7+,33-24-,45-15?. The molecule has 2 heterocycles. The highest BCUT2D eigenvalue weighted by Crippen LogP contribution is 2.39. The first-order valence-electron chi connectivity index (χ1n) is 19.1. The van der Waals surface area contributed by atoms with Crippen LogP contribution in [-0.4, -0.2) is 86.5 Å². The number of aliphatic hydroxyl groups is 1. The van der Waals surface area contributed by atoms with Crippen LogP contribution < -0.4 is 34.5 Å². The van der Waals surface area contributed by atoms with Crippen molar-refractivity contribution in [1.29, 1.82) is 0 Å². The number of nitrogens with zero attached hydrogens (tertiary/aromatic N) is 3. The highest BCUT2D eigenvalue weighted by Gasteiger charge is 2.38. The second kappa shape index (κ2) is 22.0. The van der Waals surface area contributed by atoms with Gasteiger partial charge in [0.2, 0.25) is 12.8 Å². The van der Waals surface area contributed by atoms with E-state index in [0.717, 1.165) is 15.4 Å². The fourth-order valence-corrected chi connectivity index (χ4v) is 7.10. The molecule has 16 heteroatoms. The Morgan fingerprint density at radius 3 is 2.38 bits per heavy atom. The van der Waals surface area contributed by atoms with Crippen LogP contribution in [0.2, 0.25) is 0 Å². The minimum Gasteiger partial charge on any atom is -0.493 e. The second-order valence-corrected chi connectivity index (χ2v) is 14.4. The zero-order valence-electron chi connectivity index (χ0n) is 34.1. The summed E-state index contributed by atoms with van der Waals surface area (Å²) < 4.78 is 29.2. The van der Waals surface area contributed by atoms with Crippen LogP contribution in [-0.2, 0) is 20.9 Å². The lowest BCUT2D eigenvalue weighted by Gasteiger charge is -2.35. The Hall–Kier alpha value is -6.52. The smallest absolute Gasteiger partial charge is 0.416 e. The molecule has 15 nitrogen and oxygen atoms in total. The van der Waals surface area contributed by atoms with Crippen LogP contribution in [0.1, 0.15) is 48.2 Å². The summed E-state index contributed by atoms with van der Waals surface area (Å²) in [6.07, 6.45) is 11.9. The van der Waals surface area contributed by atoms with Crippen LogP contribution >= 0.6 is 11.8 Å². The predicted octanol–water partition coefficient (Wildman–Crippen LogP) is 7.18. The van der Waals surface area contributed by atoms with Gasteiger partial charge < -0.3 is 44.3 Å². The van der Waals surface area contributed by atoms with E-state index in [2.05, 4.69) is 15.6 Å². The Bertz CT molecular complexity index is 2170. The van der Waals surface area contributed by atoms with Crippen molar-refractivity contribution in [3.63, 3.8) is 0 Å². The zero-order chi connectivity index (χ0) is 43.0. The fraction of sp³-hybridized carbons (Fsp3) is 0.295. The van der Waals surface area contributed by atoms with Gasteiger partial charge in [0.25, 0.3) is 5.91 Å². The van der Waals surface area contributed by atoms with Crippen LogP contribution in [0.5, 0.6) is 23.0 Å². The molecule has 2 unspecified atom stereocenters. The van der Waals surface area contributed by atoms with Gasteiger partial charge in [-0.05, 0) is 68.2 Å². The Kier molecular flexibility index (Phi) is 16.4. The maximum Gasteiger partial charge on any atom is 0.416 e. The number of thioether (sulfide) groups is 1. The van der Waals surface area contributed by atoms with E-state index in [1.165, 1.54) is 30.9 Å². The van der Waals surface area contributed by atoms with Crippen LogP contribution in [0.15, 0.2) is 101 Å². The molecule has 2 atom stereocenters. The number of rotatable bonds is 18. The van der Waals surface area contributed by atoms with Gasteiger partial charge in [-0.1, -0.05) is 36.4 Å². The molecule has 3 aromatic rings. The van der Waals surface area contributed by atoms with Crippen molar-refractivity contribution >= 4 is 59.9 Å². The predicted molar refractivity (Wildman–Crippen MR) is 231 cm³/mol. The molecule has 60 heavy (non-hydrogen) atoms. The number of aryl methyl sites for hydroxylation is 1. The number of ether oxygens (including phenoxy) is 5. The Morgan fingerprint density at radius 1 is 1.02 bits per heavy atom. The van der Waals surface area contributed by atoms with Gasteiger partial charge >= 0.3 is 6.09 Å². The van der Waals surface area contributed by atoms with E-state index in [-0.39, 0.29) is 43.6 Å². The second-order valence-electron chi connectivity index (χ2n) is 13.3. The van der Waals surface area contributed by atoms with Crippen LogP contribution in [0.4, 0.5) is 21.9 Å². The summed E-state index contributed by atoms with van der Waals surface area (Å²) in [6.45, 7) is 5.72. The first-order chi connectivity index (χ1) is 29.1. The van der Waals surface area contributed by atoms with Crippen molar-refractivity contribution in [2.45, 2.75) is 52.5 Å².